The molecule has 4 N–H and O–H groups in total. The summed E-state index contributed by atoms with van der Waals surface area (Å²) >= 11 is 0. The normalized spacial score (nSPS) is 10.8. The van der Waals surface area contributed by atoms with Gasteiger partial charge in [0.25, 0.3) is 5.91 Å². The summed E-state index contributed by atoms with van der Waals surface area (Å²) in [6.07, 6.45) is 3.48. The van der Waals surface area contributed by atoms with Crippen LogP contribution in [0.1, 0.15) is 10.6 Å². The molecule has 3 aromatic rings. The number of nitrogens with one attached hydrogen (secondary N) is 2. The number of H-pyrrole nitrogens is 2. The smallest absolute Gasteiger partial charge is 0.284 e. The summed E-state index contributed by atoms with van der Waals surface area (Å²) in [5.41, 5.74) is 7.94. The number of imidazole rings is 1. The first-order valence-electron chi connectivity index (χ1n) is 5.17. The van der Waals surface area contributed by atoms with Crippen molar-refractivity contribution in [2.24, 2.45) is 5.73 Å². The molecule has 3 rings (SSSR count). The molecule has 1 aromatic carbocycles. The van der Waals surface area contributed by atoms with Gasteiger partial charge in [0, 0.05) is 22.7 Å². The van der Waals surface area contributed by atoms with Crippen LogP contribution in [0.5, 0.6) is 0 Å². The maximum Gasteiger partial charge on any atom is 0.284 e. The average molecular weight is 226 g/mol. The molecule has 84 valence electrons. The van der Waals surface area contributed by atoms with Gasteiger partial charge in [0.1, 0.15) is 0 Å². The Hall–Kier alpha value is -2.56. The number of nitrogens with zero attached hydrogens (tertiary/aromatic N) is 1. The summed E-state index contributed by atoms with van der Waals surface area (Å²) in [4.78, 5) is 21.0. The number of hydrogen-bond acceptors (Lipinski definition) is 2. The first-order chi connectivity index (χ1) is 8.25. The molecule has 0 aliphatic rings. The molecule has 2 heterocycles. The number of rotatable bonds is 2. The van der Waals surface area contributed by atoms with E-state index in [4.69, 9.17) is 5.73 Å². The molecule has 0 saturated heterocycles. The molecule has 0 unspecified atom stereocenters. The maximum absolute atomic E-state index is 11.0. The summed E-state index contributed by atoms with van der Waals surface area (Å²) in [6.45, 7) is 0. The number of nitrogens with two attached hydrogens (primary N) is 1. The number of para-hydroxylation sites is 1. The largest absolute Gasteiger partial charge is 0.363 e. The predicted octanol–water partition coefficient (Wildman–Crippen LogP) is 1.66. The molecular weight excluding hydrogens is 216 g/mol. The Kier molecular flexibility index (Phi) is 1.98. The summed E-state index contributed by atoms with van der Waals surface area (Å²) in [6, 6.07) is 7.92. The Morgan fingerprint density at radius 3 is 2.88 bits per heavy atom. The summed E-state index contributed by atoms with van der Waals surface area (Å²) < 4.78 is 0. The second-order valence-corrected chi connectivity index (χ2v) is 3.76. The number of amides is 1. The van der Waals surface area contributed by atoms with Gasteiger partial charge in [-0.25, -0.2) is 4.98 Å². The molecule has 0 fully saturated rings. The van der Waals surface area contributed by atoms with Crippen LogP contribution in [-0.4, -0.2) is 20.9 Å². The third-order valence-corrected chi connectivity index (χ3v) is 2.69. The molecule has 0 radical (unpaired) electrons. The lowest BCUT2D eigenvalue weighted by Crippen LogP contribution is -2.12. The van der Waals surface area contributed by atoms with Crippen LogP contribution in [0, 0.1) is 0 Å². The number of benzene rings is 1. The fourth-order valence-electron chi connectivity index (χ4n) is 1.88. The zero-order valence-corrected chi connectivity index (χ0v) is 8.90. The van der Waals surface area contributed by atoms with Crippen LogP contribution in [0.4, 0.5) is 0 Å². The van der Waals surface area contributed by atoms with Gasteiger partial charge in [-0.3, -0.25) is 4.79 Å². The fraction of sp³-hybridized carbons (Fsp3) is 0. The third-order valence-electron chi connectivity index (χ3n) is 2.69. The van der Waals surface area contributed by atoms with Crippen molar-refractivity contribution in [3.63, 3.8) is 0 Å². The first kappa shape index (κ1) is 9.65. The highest BCUT2D eigenvalue weighted by molar-refractivity contribution is 5.95. The van der Waals surface area contributed by atoms with Crippen molar-refractivity contribution in [2.45, 2.75) is 0 Å². The molecule has 0 aliphatic carbocycles. The van der Waals surface area contributed by atoms with E-state index in [1.807, 2.05) is 30.5 Å². The van der Waals surface area contributed by atoms with E-state index in [0.717, 1.165) is 22.2 Å². The second-order valence-electron chi connectivity index (χ2n) is 3.76. The van der Waals surface area contributed by atoms with Gasteiger partial charge in [0.2, 0.25) is 0 Å². The van der Waals surface area contributed by atoms with Crippen molar-refractivity contribution in [3.8, 4) is 11.3 Å². The van der Waals surface area contributed by atoms with Crippen molar-refractivity contribution >= 4 is 16.8 Å². The van der Waals surface area contributed by atoms with Crippen molar-refractivity contribution in [1.82, 2.24) is 15.0 Å². The van der Waals surface area contributed by atoms with Crippen LogP contribution in [-0.2, 0) is 0 Å². The molecule has 0 spiro atoms. The van der Waals surface area contributed by atoms with Gasteiger partial charge in [0.15, 0.2) is 5.82 Å². The number of aromatic nitrogens is 3. The van der Waals surface area contributed by atoms with Crippen molar-refractivity contribution in [3.05, 3.63) is 42.5 Å². The van der Waals surface area contributed by atoms with E-state index < -0.39 is 5.91 Å². The predicted molar refractivity (Wildman–Crippen MR) is 64.4 cm³/mol. The number of primary amides is 1. The highest BCUT2D eigenvalue weighted by Gasteiger charge is 2.10. The fourth-order valence-corrected chi connectivity index (χ4v) is 1.88. The molecule has 17 heavy (non-hydrogen) atoms. The zero-order valence-electron chi connectivity index (χ0n) is 8.90. The molecule has 0 aliphatic heterocycles. The molecule has 1 amide bonds. The molecule has 5 nitrogen and oxygen atoms in total. The van der Waals surface area contributed by atoms with E-state index in [-0.39, 0.29) is 5.82 Å². The quantitative estimate of drug-likeness (QED) is 0.620. The van der Waals surface area contributed by atoms with E-state index in [9.17, 15) is 4.79 Å². The Labute approximate surface area is 96.7 Å². The van der Waals surface area contributed by atoms with Crippen LogP contribution in [0.3, 0.4) is 0 Å². The van der Waals surface area contributed by atoms with E-state index in [1.54, 1.807) is 6.20 Å². The summed E-state index contributed by atoms with van der Waals surface area (Å²) in [7, 11) is 0. The Bertz CT molecular complexity index is 695. The highest BCUT2D eigenvalue weighted by Crippen LogP contribution is 2.26. The van der Waals surface area contributed by atoms with Gasteiger partial charge in [-0.1, -0.05) is 18.2 Å². The van der Waals surface area contributed by atoms with Gasteiger partial charge in [-0.05, 0) is 6.07 Å². The first-order valence-corrected chi connectivity index (χ1v) is 5.17. The number of hydrogen-bond donors (Lipinski definition) is 3. The number of fused-ring (bicyclic) bond motifs is 1. The molecule has 0 saturated carbocycles. The molecule has 0 bridgehead atoms. The Morgan fingerprint density at radius 2 is 2.12 bits per heavy atom. The molecule has 0 atom stereocenters. The van der Waals surface area contributed by atoms with Gasteiger partial charge in [-0.2, -0.15) is 0 Å². The number of carbonyl (C=O) groups excluding carboxylic acids is 1. The monoisotopic (exact) mass is 226 g/mol. The number of aromatic amines is 2. The lowest BCUT2D eigenvalue weighted by molar-refractivity contribution is 0.0991. The minimum Gasteiger partial charge on any atom is -0.363 e. The van der Waals surface area contributed by atoms with Crippen molar-refractivity contribution in [2.75, 3.05) is 0 Å². The van der Waals surface area contributed by atoms with Crippen LogP contribution in [0.15, 0.2) is 36.7 Å². The third kappa shape index (κ3) is 1.48. The molecule has 2 aromatic heterocycles. The minimum atomic E-state index is -0.559. The van der Waals surface area contributed by atoms with E-state index in [1.165, 1.54) is 0 Å². The topological polar surface area (TPSA) is 87.6 Å². The minimum absolute atomic E-state index is 0.172. The van der Waals surface area contributed by atoms with Crippen molar-refractivity contribution < 1.29 is 4.79 Å². The number of carbonyl (C=O) groups is 1. The zero-order chi connectivity index (χ0) is 11.8. The van der Waals surface area contributed by atoms with E-state index in [2.05, 4.69) is 15.0 Å². The van der Waals surface area contributed by atoms with Crippen LogP contribution in [0.2, 0.25) is 0 Å². The van der Waals surface area contributed by atoms with Crippen LogP contribution >= 0.6 is 0 Å². The van der Waals surface area contributed by atoms with Crippen LogP contribution < -0.4 is 5.73 Å². The molecular formula is C12H10N4O. The average Bonchev–Trinajstić information content (AvgIpc) is 2.95. The highest BCUT2D eigenvalue weighted by atomic mass is 16.1. The lowest BCUT2D eigenvalue weighted by atomic mass is 10.1. The SMILES string of the molecule is NC(=O)c1ncc(-c2c[nH]c3ccccc23)[nH]1. The second kappa shape index (κ2) is 3.48. The maximum atomic E-state index is 11.0. The summed E-state index contributed by atoms with van der Waals surface area (Å²) in [5, 5.41) is 1.08. The lowest BCUT2D eigenvalue weighted by Gasteiger charge is -1.94. The van der Waals surface area contributed by atoms with Gasteiger partial charge in [0.05, 0.1) is 11.9 Å². The van der Waals surface area contributed by atoms with Gasteiger partial charge < -0.3 is 15.7 Å². The Morgan fingerprint density at radius 1 is 1.29 bits per heavy atom. The standard InChI is InChI=1S/C12H10N4O/c13-11(17)12-15-6-10(16-12)8-5-14-9-4-2-1-3-7(8)9/h1-6,14H,(H2,13,17)(H,15,16). The van der Waals surface area contributed by atoms with Crippen molar-refractivity contribution in [1.29, 1.82) is 0 Å². The Balaban J connectivity index is 2.17. The molecule has 5 heteroatoms. The van der Waals surface area contributed by atoms with Gasteiger partial charge >= 0.3 is 0 Å². The van der Waals surface area contributed by atoms with Crippen LogP contribution in [0.25, 0.3) is 22.2 Å². The van der Waals surface area contributed by atoms with Gasteiger partial charge in [-0.15, -0.1) is 0 Å². The van der Waals surface area contributed by atoms with E-state index >= 15 is 0 Å². The van der Waals surface area contributed by atoms with E-state index in [0.29, 0.717) is 0 Å². The summed E-state index contributed by atoms with van der Waals surface area (Å²) in [5.74, 6) is -0.388.